The molecule has 0 unspecified atom stereocenters. The third-order valence-corrected chi connectivity index (χ3v) is 5.01. The normalized spacial score (nSPS) is 11.7. The van der Waals surface area contributed by atoms with Gasteiger partial charge in [-0.05, 0) is 24.6 Å². The van der Waals surface area contributed by atoms with Gasteiger partial charge in [-0.3, -0.25) is 9.48 Å². The fraction of sp³-hybridized carbons (Fsp3) is 0.217. The number of fused-ring (bicyclic) bond motifs is 1. The summed E-state index contributed by atoms with van der Waals surface area (Å²) in [4.78, 5) is 13.2. The van der Waals surface area contributed by atoms with Crippen LogP contribution in [0.5, 0.6) is 11.5 Å². The van der Waals surface area contributed by atoms with E-state index < -0.39 is 22.9 Å². The van der Waals surface area contributed by atoms with E-state index in [9.17, 15) is 18.0 Å². The first-order chi connectivity index (χ1) is 15.2. The van der Waals surface area contributed by atoms with Gasteiger partial charge in [-0.15, -0.1) is 0 Å². The van der Waals surface area contributed by atoms with Crippen LogP contribution in [-0.2, 0) is 12.7 Å². The van der Waals surface area contributed by atoms with Crippen molar-refractivity contribution in [1.82, 2.24) is 9.78 Å². The Labute approximate surface area is 180 Å². The van der Waals surface area contributed by atoms with Gasteiger partial charge in [-0.25, -0.2) is 0 Å². The van der Waals surface area contributed by atoms with Crippen LogP contribution in [0.2, 0.25) is 0 Å². The average molecular weight is 444 g/mol. The summed E-state index contributed by atoms with van der Waals surface area (Å²) >= 11 is 0. The Bertz CT molecular complexity index is 1360. The lowest BCUT2D eigenvalue weighted by Gasteiger charge is -2.14. The molecule has 0 aliphatic heterocycles. The Morgan fingerprint density at radius 1 is 1.12 bits per heavy atom. The largest absolute Gasteiger partial charge is 0.493 e. The number of hydrogen-bond acceptors (Lipinski definition) is 5. The third kappa shape index (κ3) is 3.81. The van der Waals surface area contributed by atoms with E-state index in [0.717, 1.165) is 11.1 Å². The molecule has 0 bridgehead atoms. The smallest absolute Gasteiger partial charge is 0.450 e. The first-order valence-electron chi connectivity index (χ1n) is 9.60. The van der Waals surface area contributed by atoms with E-state index >= 15 is 0 Å². The minimum absolute atomic E-state index is 0.00964. The minimum atomic E-state index is -4.92. The van der Waals surface area contributed by atoms with E-state index in [1.807, 2.05) is 31.2 Å². The molecule has 0 amide bonds. The summed E-state index contributed by atoms with van der Waals surface area (Å²) in [7, 11) is 2.59. The summed E-state index contributed by atoms with van der Waals surface area (Å²) in [5.74, 6) is -1.36. The minimum Gasteiger partial charge on any atom is -0.493 e. The van der Waals surface area contributed by atoms with Gasteiger partial charge in [0.15, 0.2) is 11.3 Å². The van der Waals surface area contributed by atoms with Crippen LogP contribution in [0.3, 0.4) is 0 Å². The Morgan fingerprint density at radius 2 is 1.91 bits per heavy atom. The maximum Gasteiger partial charge on any atom is 0.450 e. The molecule has 166 valence electrons. The topological polar surface area (TPSA) is 66.5 Å². The standard InChI is InChI=1S/C23H19F3N2O4/c1-13-5-4-6-14(9-13)11-28-12-15(10-27-28)18-19(29)16-7-8-17(30-2)21(31-3)20(16)32-22(18)23(24,25)26/h4-10,12H,11H2,1-3H3. The van der Waals surface area contributed by atoms with Gasteiger partial charge in [-0.1, -0.05) is 29.8 Å². The number of benzene rings is 2. The van der Waals surface area contributed by atoms with E-state index in [1.54, 1.807) is 0 Å². The van der Waals surface area contributed by atoms with Gasteiger partial charge < -0.3 is 13.9 Å². The van der Waals surface area contributed by atoms with Crippen molar-refractivity contribution >= 4 is 11.0 Å². The number of ether oxygens (including phenoxy) is 2. The van der Waals surface area contributed by atoms with Gasteiger partial charge in [0.05, 0.1) is 37.9 Å². The Balaban J connectivity index is 1.90. The Hall–Kier alpha value is -3.75. The van der Waals surface area contributed by atoms with Gasteiger partial charge in [0.2, 0.25) is 16.9 Å². The van der Waals surface area contributed by atoms with Crippen LogP contribution in [0.25, 0.3) is 22.1 Å². The molecule has 0 aliphatic carbocycles. The van der Waals surface area contributed by atoms with Crippen molar-refractivity contribution in [3.63, 3.8) is 0 Å². The lowest BCUT2D eigenvalue weighted by atomic mass is 10.0. The van der Waals surface area contributed by atoms with Crippen LogP contribution in [0, 0.1) is 6.92 Å². The summed E-state index contributed by atoms with van der Waals surface area (Å²) in [5, 5.41) is 4.09. The van der Waals surface area contributed by atoms with Crippen molar-refractivity contribution in [1.29, 1.82) is 0 Å². The van der Waals surface area contributed by atoms with Crippen LogP contribution in [-0.4, -0.2) is 24.0 Å². The third-order valence-electron chi connectivity index (χ3n) is 5.01. The second-order valence-corrected chi connectivity index (χ2v) is 7.23. The van der Waals surface area contributed by atoms with E-state index in [1.165, 1.54) is 43.4 Å². The van der Waals surface area contributed by atoms with E-state index in [0.29, 0.717) is 6.54 Å². The van der Waals surface area contributed by atoms with Gasteiger partial charge in [0.1, 0.15) is 0 Å². The lowest BCUT2D eigenvalue weighted by molar-refractivity contribution is -0.152. The van der Waals surface area contributed by atoms with Gasteiger partial charge in [0.25, 0.3) is 0 Å². The molecule has 4 aromatic rings. The van der Waals surface area contributed by atoms with Crippen molar-refractivity contribution < 1.29 is 27.1 Å². The second-order valence-electron chi connectivity index (χ2n) is 7.23. The number of methoxy groups -OCH3 is 2. The highest BCUT2D eigenvalue weighted by Gasteiger charge is 2.40. The number of nitrogens with zero attached hydrogens (tertiary/aromatic N) is 2. The zero-order valence-electron chi connectivity index (χ0n) is 17.5. The highest BCUT2D eigenvalue weighted by atomic mass is 19.4. The summed E-state index contributed by atoms with van der Waals surface area (Å²) in [5.41, 5.74) is 0.213. The second kappa shape index (κ2) is 8.07. The monoisotopic (exact) mass is 444 g/mol. The molecule has 0 fully saturated rings. The molecule has 2 heterocycles. The molecular weight excluding hydrogens is 425 g/mol. The van der Waals surface area contributed by atoms with Crippen molar-refractivity contribution in [3.8, 4) is 22.6 Å². The Kier molecular flexibility index (Phi) is 5.41. The summed E-state index contributed by atoms with van der Waals surface area (Å²) in [6, 6.07) is 10.5. The molecule has 2 aromatic heterocycles. The average Bonchev–Trinajstić information content (AvgIpc) is 3.19. The number of hydrogen-bond donors (Lipinski definition) is 0. The van der Waals surface area contributed by atoms with Gasteiger partial charge >= 0.3 is 6.18 Å². The fourth-order valence-electron chi connectivity index (χ4n) is 3.61. The van der Waals surface area contributed by atoms with Crippen molar-refractivity contribution in [3.05, 3.63) is 75.9 Å². The van der Waals surface area contributed by atoms with Crippen LogP contribution >= 0.6 is 0 Å². The molecular formula is C23H19F3N2O4. The van der Waals surface area contributed by atoms with Crippen molar-refractivity contribution in [2.75, 3.05) is 14.2 Å². The number of aryl methyl sites for hydroxylation is 1. The summed E-state index contributed by atoms with van der Waals surface area (Å²) in [6.07, 6.45) is -2.30. The van der Waals surface area contributed by atoms with Crippen LogP contribution in [0.1, 0.15) is 16.9 Å². The molecule has 32 heavy (non-hydrogen) atoms. The lowest BCUT2D eigenvalue weighted by Crippen LogP contribution is -2.16. The first kappa shape index (κ1) is 21.5. The maximum absolute atomic E-state index is 13.9. The zero-order valence-corrected chi connectivity index (χ0v) is 17.5. The van der Waals surface area contributed by atoms with Crippen molar-refractivity contribution in [2.45, 2.75) is 19.6 Å². The molecule has 4 rings (SSSR count). The molecule has 0 N–H and O–H groups in total. The molecule has 9 heteroatoms. The van der Waals surface area contributed by atoms with Gasteiger partial charge in [-0.2, -0.15) is 18.3 Å². The zero-order chi connectivity index (χ0) is 23.0. The summed E-state index contributed by atoms with van der Waals surface area (Å²) in [6.45, 7) is 2.28. The number of halogens is 3. The van der Waals surface area contributed by atoms with E-state index in [-0.39, 0.29) is 28.0 Å². The van der Waals surface area contributed by atoms with Crippen LogP contribution < -0.4 is 14.9 Å². The molecule has 0 saturated heterocycles. The molecule has 0 aliphatic rings. The molecule has 0 radical (unpaired) electrons. The highest BCUT2D eigenvalue weighted by molar-refractivity contribution is 5.89. The predicted molar refractivity (Wildman–Crippen MR) is 112 cm³/mol. The molecule has 2 aromatic carbocycles. The van der Waals surface area contributed by atoms with Crippen molar-refractivity contribution in [2.24, 2.45) is 0 Å². The van der Waals surface area contributed by atoms with Crippen LogP contribution in [0.15, 0.2) is 58.0 Å². The van der Waals surface area contributed by atoms with Crippen LogP contribution in [0.4, 0.5) is 13.2 Å². The fourth-order valence-corrected chi connectivity index (χ4v) is 3.61. The van der Waals surface area contributed by atoms with E-state index in [4.69, 9.17) is 13.9 Å². The first-order valence-corrected chi connectivity index (χ1v) is 9.60. The Morgan fingerprint density at radius 3 is 2.56 bits per heavy atom. The SMILES string of the molecule is COc1ccc2c(=O)c(-c3cnn(Cc4cccc(C)c4)c3)c(C(F)(F)F)oc2c1OC. The molecule has 6 nitrogen and oxygen atoms in total. The molecule has 0 saturated carbocycles. The maximum atomic E-state index is 13.9. The quantitative estimate of drug-likeness (QED) is 0.431. The van der Waals surface area contributed by atoms with Gasteiger partial charge in [0, 0.05) is 11.8 Å². The molecule has 0 spiro atoms. The number of rotatable bonds is 5. The molecule has 0 atom stereocenters. The highest BCUT2D eigenvalue weighted by Crippen LogP contribution is 2.41. The summed E-state index contributed by atoms with van der Waals surface area (Å²) < 4.78 is 58.8. The predicted octanol–water partition coefficient (Wildman–Crippen LogP) is 5.05. The number of aromatic nitrogens is 2. The van der Waals surface area contributed by atoms with E-state index in [2.05, 4.69) is 5.10 Å². The number of alkyl halides is 3.